The molecule has 1 aromatic rings. The molecule has 0 bridgehead atoms. The van der Waals surface area contributed by atoms with Gasteiger partial charge in [-0.2, -0.15) is 0 Å². The van der Waals surface area contributed by atoms with Gasteiger partial charge >= 0.3 is 0 Å². The van der Waals surface area contributed by atoms with E-state index >= 15 is 0 Å². The van der Waals surface area contributed by atoms with Crippen LogP contribution in [0.1, 0.15) is 51.3 Å². The van der Waals surface area contributed by atoms with Gasteiger partial charge in [0.25, 0.3) is 14.2 Å². The van der Waals surface area contributed by atoms with E-state index < -0.39 is 9.05 Å². The van der Waals surface area contributed by atoms with E-state index in [0.717, 1.165) is 25.1 Å². The van der Waals surface area contributed by atoms with Crippen LogP contribution in [0.15, 0.2) is 5.16 Å². The lowest BCUT2D eigenvalue weighted by Gasteiger charge is -2.37. The highest BCUT2D eigenvalue weighted by atomic mass is 35.7. The molecule has 0 radical (unpaired) electrons. The smallest absolute Gasteiger partial charge is 0.296 e. The molecule has 5 nitrogen and oxygen atoms in total. The normalized spacial score (nSPS) is 24.1. The molecule has 0 spiro atoms. The molecular formula is C11H18ClN3O2S. The second kappa shape index (κ2) is 4.49. The minimum atomic E-state index is -3.83. The number of nitrogens with zero attached hydrogens (tertiary/aromatic N) is 3. The Morgan fingerprint density at radius 2 is 2.00 bits per heavy atom. The summed E-state index contributed by atoms with van der Waals surface area (Å²) in [4.78, 5) is 0. The van der Waals surface area contributed by atoms with Crippen LogP contribution in [0.4, 0.5) is 0 Å². The van der Waals surface area contributed by atoms with Crippen molar-refractivity contribution < 1.29 is 8.42 Å². The van der Waals surface area contributed by atoms with E-state index in [2.05, 4.69) is 24.0 Å². The average molecular weight is 292 g/mol. The Kier molecular flexibility index (Phi) is 3.44. The van der Waals surface area contributed by atoms with Crippen molar-refractivity contribution in [3.63, 3.8) is 0 Å². The van der Waals surface area contributed by atoms with E-state index in [1.165, 1.54) is 11.0 Å². The Morgan fingerprint density at radius 1 is 1.33 bits per heavy atom. The van der Waals surface area contributed by atoms with Crippen molar-refractivity contribution in [2.75, 3.05) is 0 Å². The van der Waals surface area contributed by atoms with Crippen LogP contribution in [0.2, 0.25) is 0 Å². The molecule has 1 aromatic heterocycles. The summed E-state index contributed by atoms with van der Waals surface area (Å²) in [5.41, 5.74) is 0.117. The first-order chi connectivity index (χ1) is 8.23. The van der Waals surface area contributed by atoms with Crippen LogP contribution in [-0.2, 0) is 16.1 Å². The van der Waals surface area contributed by atoms with E-state index in [1.54, 1.807) is 7.05 Å². The zero-order valence-corrected chi connectivity index (χ0v) is 12.4. The van der Waals surface area contributed by atoms with Gasteiger partial charge in [-0.25, -0.2) is 8.42 Å². The topological polar surface area (TPSA) is 64.8 Å². The molecule has 0 saturated heterocycles. The van der Waals surface area contributed by atoms with E-state index in [0.29, 0.717) is 0 Å². The quantitative estimate of drug-likeness (QED) is 0.785. The van der Waals surface area contributed by atoms with Crippen molar-refractivity contribution in [2.24, 2.45) is 12.5 Å². The zero-order chi connectivity index (χ0) is 13.6. The fourth-order valence-corrected chi connectivity index (χ4v) is 3.78. The maximum absolute atomic E-state index is 11.4. The van der Waals surface area contributed by atoms with Crippen molar-refractivity contribution in [3.8, 4) is 0 Å². The van der Waals surface area contributed by atoms with Gasteiger partial charge in [0.05, 0.1) is 0 Å². The molecule has 0 aliphatic heterocycles. The molecule has 1 saturated carbocycles. The van der Waals surface area contributed by atoms with Gasteiger partial charge in [0, 0.05) is 23.6 Å². The lowest BCUT2D eigenvalue weighted by Crippen LogP contribution is -2.28. The average Bonchev–Trinajstić information content (AvgIpc) is 2.59. The maximum Gasteiger partial charge on any atom is 0.296 e. The molecule has 2 rings (SSSR count). The summed E-state index contributed by atoms with van der Waals surface area (Å²) in [5.74, 6) is 0.954. The molecule has 1 fully saturated rings. The van der Waals surface area contributed by atoms with Gasteiger partial charge in [-0.1, -0.05) is 26.7 Å². The van der Waals surface area contributed by atoms with Crippen molar-refractivity contribution in [1.29, 1.82) is 0 Å². The third kappa shape index (κ3) is 2.40. The van der Waals surface area contributed by atoms with Crippen LogP contribution in [0.5, 0.6) is 0 Å². The molecule has 0 N–H and O–H groups in total. The zero-order valence-electron chi connectivity index (χ0n) is 10.9. The standard InChI is InChI=1S/C11H18ClN3O2S/c1-11(2)7-5-4-6-8(11)9-13-14-10(15(9)3)18(12,16)17/h8H,4-7H2,1-3H3. The molecule has 1 aliphatic carbocycles. The van der Waals surface area contributed by atoms with Gasteiger partial charge < -0.3 is 4.57 Å². The van der Waals surface area contributed by atoms with Gasteiger partial charge in [0.15, 0.2) is 0 Å². The Morgan fingerprint density at radius 3 is 2.50 bits per heavy atom. The van der Waals surface area contributed by atoms with Gasteiger partial charge in [-0.15, -0.1) is 10.2 Å². The largest absolute Gasteiger partial charge is 0.304 e. The van der Waals surface area contributed by atoms with Gasteiger partial charge in [0.2, 0.25) is 0 Å². The summed E-state index contributed by atoms with van der Waals surface area (Å²) in [7, 11) is 3.17. The minimum absolute atomic E-state index is 0.117. The molecule has 1 atom stereocenters. The van der Waals surface area contributed by atoms with E-state index in [1.807, 2.05) is 0 Å². The van der Waals surface area contributed by atoms with Crippen molar-refractivity contribution in [1.82, 2.24) is 14.8 Å². The molecule has 0 aromatic carbocycles. The van der Waals surface area contributed by atoms with Crippen LogP contribution in [0.25, 0.3) is 0 Å². The highest BCUT2D eigenvalue weighted by Crippen LogP contribution is 2.46. The first-order valence-corrected chi connectivity index (χ1v) is 8.38. The highest BCUT2D eigenvalue weighted by molar-refractivity contribution is 8.13. The van der Waals surface area contributed by atoms with Gasteiger partial charge in [0.1, 0.15) is 5.82 Å². The number of hydrogen-bond acceptors (Lipinski definition) is 4. The van der Waals surface area contributed by atoms with E-state index in [-0.39, 0.29) is 16.5 Å². The van der Waals surface area contributed by atoms with Crippen molar-refractivity contribution >= 4 is 19.7 Å². The molecule has 1 aliphatic rings. The van der Waals surface area contributed by atoms with Gasteiger partial charge in [-0.3, -0.25) is 0 Å². The van der Waals surface area contributed by atoms with Crippen LogP contribution in [-0.4, -0.2) is 23.2 Å². The third-order valence-corrected chi connectivity index (χ3v) is 5.11. The predicted molar refractivity (Wildman–Crippen MR) is 69.0 cm³/mol. The molecule has 1 unspecified atom stereocenters. The first-order valence-electron chi connectivity index (χ1n) is 6.07. The van der Waals surface area contributed by atoms with E-state index in [4.69, 9.17) is 10.7 Å². The summed E-state index contributed by atoms with van der Waals surface area (Å²) in [6.45, 7) is 4.39. The Bertz CT molecular complexity index is 551. The summed E-state index contributed by atoms with van der Waals surface area (Å²) in [6.07, 6.45) is 4.49. The van der Waals surface area contributed by atoms with Crippen LogP contribution < -0.4 is 0 Å². The SMILES string of the molecule is Cn1c(C2CCCCC2(C)C)nnc1S(=O)(=O)Cl. The predicted octanol–water partition coefficient (Wildman–Crippen LogP) is 2.43. The van der Waals surface area contributed by atoms with Crippen LogP contribution in [0.3, 0.4) is 0 Å². The summed E-state index contributed by atoms with van der Waals surface area (Å²) >= 11 is 0. The molecule has 7 heteroatoms. The number of aromatic nitrogens is 3. The number of hydrogen-bond donors (Lipinski definition) is 0. The molecule has 0 amide bonds. The Balaban J connectivity index is 2.43. The van der Waals surface area contributed by atoms with Crippen LogP contribution >= 0.6 is 10.7 Å². The lowest BCUT2D eigenvalue weighted by molar-refractivity contribution is 0.189. The number of halogens is 1. The molecule has 102 valence electrons. The second-order valence-electron chi connectivity index (χ2n) is 5.62. The fourth-order valence-electron chi connectivity index (χ4n) is 2.81. The number of rotatable bonds is 2. The van der Waals surface area contributed by atoms with Crippen LogP contribution in [0, 0.1) is 5.41 Å². The summed E-state index contributed by atoms with van der Waals surface area (Å²) in [6, 6.07) is 0. The minimum Gasteiger partial charge on any atom is -0.304 e. The summed E-state index contributed by atoms with van der Waals surface area (Å²) in [5, 5.41) is 7.61. The Hall–Kier alpha value is -0.620. The molecular weight excluding hydrogens is 274 g/mol. The molecule has 1 heterocycles. The van der Waals surface area contributed by atoms with E-state index in [9.17, 15) is 8.42 Å². The highest BCUT2D eigenvalue weighted by Gasteiger charge is 2.37. The molecule has 18 heavy (non-hydrogen) atoms. The third-order valence-electron chi connectivity index (χ3n) is 3.91. The summed E-state index contributed by atoms with van der Waals surface area (Å²) < 4.78 is 24.2. The monoisotopic (exact) mass is 291 g/mol. The fraction of sp³-hybridized carbons (Fsp3) is 0.818. The Labute approximate surface area is 112 Å². The lowest BCUT2D eigenvalue weighted by atomic mass is 9.68. The first kappa shape index (κ1) is 13.8. The van der Waals surface area contributed by atoms with Crippen molar-refractivity contribution in [3.05, 3.63) is 5.82 Å². The van der Waals surface area contributed by atoms with Crippen molar-refractivity contribution in [2.45, 2.75) is 50.6 Å². The maximum atomic E-state index is 11.4. The second-order valence-corrected chi connectivity index (χ2v) is 8.08. The van der Waals surface area contributed by atoms with Gasteiger partial charge in [-0.05, 0) is 18.3 Å².